The molecule has 1 aliphatic heterocycles. The molecule has 2 heterocycles. The van der Waals surface area contributed by atoms with E-state index in [4.69, 9.17) is 11.6 Å². The van der Waals surface area contributed by atoms with Crippen LogP contribution in [0.5, 0.6) is 0 Å². The third kappa shape index (κ3) is 2.49. The summed E-state index contributed by atoms with van der Waals surface area (Å²) in [6, 6.07) is 0.511. The maximum atomic E-state index is 5.97. The first-order valence-electron chi connectivity index (χ1n) is 5.44. The fourth-order valence-corrected chi connectivity index (χ4v) is 2.44. The first kappa shape index (κ1) is 10.9. The van der Waals surface area contributed by atoms with Gasteiger partial charge >= 0.3 is 0 Å². The lowest BCUT2D eigenvalue weighted by molar-refractivity contribution is 0.149. The second-order valence-corrected chi connectivity index (χ2v) is 4.38. The van der Waals surface area contributed by atoms with Crippen LogP contribution in [0.25, 0.3) is 0 Å². The zero-order valence-electron chi connectivity index (χ0n) is 9.06. The Morgan fingerprint density at radius 1 is 1.53 bits per heavy atom. The van der Waals surface area contributed by atoms with Crippen LogP contribution in [0.4, 0.5) is 0 Å². The van der Waals surface area contributed by atoms with Crippen molar-refractivity contribution in [3.63, 3.8) is 0 Å². The largest absolute Gasteiger partial charge is 0.292 e. The van der Waals surface area contributed by atoms with Gasteiger partial charge in [-0.2, -0.15) is 5.10 Å². The van der Waals surface area contributed by atoms with Gasteiger partial charge in [0.25, 0.3) is 0 Å². The second kappa shape index (κ2) is 4.94. The van der Waals surface area contributed by atoms with E-state index in [1.807, 2.05) is 11.7 Å². The van der Waals surface area contributed by atoms with Crippen LogP contribution in [0.3, 0.4) is 0 Å². The zero-order valence-corrected chi connectivity index (χ0v) is 9.82. The molecule has 15 heavy (non-hydrogen) atoms. The molecular formula is C10H17ClN4. The number of aromatic nitrogens is 3. The summed E-state index contributed by atoms with van der Waals surface area (Å²) in [5.74, 6) is 1.74. The molecule has 1 unspecified atom stereocenters. The number of hydrogen-bond acceptors (Lipinski definition) is 3. The number of aryl methyl sites for hydroxylation is 1. The number of alkyl halides is 1. The molecule has 2 rings (SSSR count). The highest BCUT2D eigenvalue weighted by Crippen LogP contribution is 2.19. The highest BCUT2D eigenvalue weighted by Gasteiger charge is 2.22. The van der Waals surface area contributed by atoms with E-state index in [1.165, 1.54) is 19.3 Å². The molecule has 1 aromatic rings. The summed E-state index contributed by atoms with van der Waals surface area (Å²) in [7, 11) is 1.93. The minimum atomic E-state index is 0.511. The molecule has 5 heteroatoms. The predicted octanol–water partition coefficient (Wildman–Crippen LogP) is 1.41. The van der Waals surface area contributed by atoms with Gasteiger partial charge in [0.2, 0.25) is 0 Å². The Morgan fingerprint density at radius 3 is 3.07 bits per heavy atom. The van der Waals surface area contributed by atoms with Crippen LogP contribution >= 0.6 is 11.6 Å². The van der Waals surface area contributed by atoms with Crippen molar-refractivity contribution < 1.29 is 0 Å². The van der Waals surface area contributed by atoms with E-state index >= 15 is 0 Å². The minimum Gasteiger partial charge on any atom is -0.292 e. The predicted molar refractivity (Wildman–Crippen MR) is 59.8 cm³/mol. The van der Waals surface area contributed by atoms with Crippen LogP contribution in [-0.2, 0) is 13.6 Å². The quantitative estimate of drug-likeness (QED) is 0.734. The summed E-state index contributed by atoms with van der Waals surface area (Å²) < 4.78 is 1.83. The fraction of sp³-hybridized carbons (Fsp3) is 0.800. The van der Waals surface area contributed by atoms with Crippen LogP contribution in [0.1, 0.15) is 25.1 Å². The Bertz CT molecular complexity index is 312. The summed E-state index contributed by atoms with van der Waals surface area (Å²) in [5.41, 5.74) is 0. The highest BCUT2D eigenvalue weighted by atomic mass is 35.5. The van der Waals surface area contributed by atoms with Gasteiger partial charge in [-0.25, -0.2) is 4.98 Å². The molecule has 0 spiro atoms. The first-order chi connectivity index (χ1) is 7.31. The monoisotopic (exact) mass is 228 g/mol. The van der Waals surface area contributed by atoms with Crippen LogP contribution in [0.2, 0.25) is 0 Å². The molecule has 84 valence electrons. The summed E-state index contributed by atoms with van der Waals surface area (Å²) >= 11 is 5.97. The lowest BCUT2D eigenvalue weighted by Crippen LogP contribution is -2.40. The standard InChI is InChI=1S/C10H17ClN4/c1-14-10(12-8-13-14)7-15-5-3-2-4-9(15)6-11/h8-9H,2-7H2,1H3. The summed E-state index contributed by atoms with van der Waals surface area (Å²) in [6.45, 7) is 2.00. The van der Waals surface area contributed by atoms with Gasteiger partial charge in [0.05, 0.1) is 6.54 Å². The van der Waals surface area contributed by atoms with E-state index in [-0.39, 0.29) is 0 Å². The number of likely N-dealkylation sites (tertiary alicyclic amines) is 1. The Kier molecular flexibility index (Phi) is 3.59. The van der Waals surface area contributed by atoms with E-state index in [0.717, 1.165) is 24.8 Å². The van der Waals surface area contributed by atoms with Crippen molar-refractivity contribution in [2.24, 2.45) is 7.05 Å². The molecule has 0 aromatic carbocycles. The van der Waals surface area contributed by atoms with Crippen LogP contribution < -0.4 is 0 Å². The van der Waals surface area contributed by atoms with Gasteiger partial charge in [0.1, 0.15) is 12.2 Å². The molecule has 1 saturated heterocycles. The molecule has 1 fully saturated rings. The van der Waals surface area contributed by atoms with Gasteiger partial charge in [0.15, 0.2) is 0 Å². The smallest absolute Gasteiger partial charge is 0.140 e. The zero-order chi connectivity index (χ0) is 10.7. The van der Waals surface area contributed by atoms with Crippen molar-refractivity contribution in [2.45, 2.75) is 31.8 Å². The van der Waals surface area contributed by atoms with Crippen molar-refractivity contribution in [2.75, 3.05) is 12.4 Å². The lowest BCUT2D eigenvalue weighted by Gasteiger charge is -2.33. The number of halogens is 1. The molecule has 1 aliphatic rings. The molecule has 0 bridgehead atoms. The van der Waals surface area contributed by atoms with Crippen molar-refractivity contribution in [3.8, 4) is 0 Å². The van der Waals surface area contributed by atoms with E-state index in [0.29, 0.717) is 6.04 Å². The molecule has 1 aromatic heterocycles. The Morgan fingerprint density at radius 2 is 2.40 bits per heavy atom. The molecule has 0 radical (unpaired) electrons. The topological polar surface area (TPSA) is 34.0 Å². The van der Waals surface area contributed by atoms with Crippen LogP contribution in [0, 0.1) is 0 Å². The number of rotatable bonds is 3. The molecule has 1 atom stereocenters. The van der Waals surface area contributed by atoms with Crippen molar-refractivity contribution in [1.29, 1.82) is 0 Å². The third-order valence-electron chi connectivity index (χ3n) is 3.08. The van der Waals surface area contributed by atoms with E-state index < -0.39 is 0 Å². The van der Waals surface area contributed by atoms with Crippen molar-refractivity contribution >= 4 is 11.6 Å². The van der Waals surface area contributed by atoms with Crippen molar-refractivity contribution in [1.82, 2.24) is 19.7 Å². The molecule has 0 saturated carbocycles. The Balaban J connectivity index is 2.00. The number of piperidine rings is 1. The molecule has 0 amide bonds. The van der Waals surface area contributed by atoms with Crippen LogP contribution in [0.15, 0.2) is 6.33 Å². The van der Waals surface area contributed by atoms with Crippen molar-refractivity contribution in [3.05, 3.63) is 12.2 Å². The number of hydrogen-bond donors (Lipinski definition) is 0. The van der Waals surface area contributed by atoms with Gasteiger partial charge in [-0.15, -0.1) is 11.6 Å². The third-order valence-corrected chi connectivity index (χ3v) is 3.43. The highest BCUT2D eigenvalue weighted by molar-refractivity contribution is 6.18. The Hall–Kier alpha value is -0.610. The van der Waals surface area contributed by atoms with Gasteiger partial charge in [-0.3, -0.25) is 9.58 Å². The van der Waals surface area contributed by atoms with Crippen LogP contribution in [-0.4, -0.2) is 38.1 Å². The normalized spacial score (nSPS) is 23.2. The average Bonchev–Trinajstić information content (AvgIpc) is 2.65. The summed E-state index contributed by atoms with van der Waals surface area (Å²) in [4.78, 5) is 6.66. The lowest BCUT2D eigenvalue weighted by atomic mass is 10.0. The summed E-state index contributed by atoms with van der Waals surface area (Å²) in [6.07, 6.45) is 5.38. The first-order valence-corrected chi connectivity index (χ1v) is 5.97. The molecule has 0 N–H and O–H groups in total. The Labute approximate surface area is 95.2 Å². The van der Waals surface area contributed by atoms with Gasteiger partial charge in [-0.1, -0.05) is 6.42 Å². The van der Waals surface area contributed by atoms with Gasteiger partial charge in [0, 0.05) is 19.0 Å². The van der Waals surface area contributed by atoms with Gasteiger partial charge < -0.3 is 0 Å². The fourth-order valence-electron chi connectivity index (χ4n) is 2.09. The average molecular weight is 229 g/mol. The van der Waals surface area contributed by atoms with E-state index in [9.17, 15) is 0 Å². The second-order valence-electron chi connectivity index (χ2n) is 4.07. The maximum absolute atomic E-state index is 5.97. The maximum Gasteiger partial charge on any atom is 0.140 e. The minimum absolute atomic E-state index is 0.511. The van der Waals surface area contributed by atoms with E-state index in [2.05, 4.69) is 15.0 Å². The summed E-state index contributed by atoms with van der Waals surface area (Å²) in [5, 5.41) is 4.08. The molecule has 4 nitrogen and oxygen atoms in total. The molecule has 0 aliphatic carbocycles. The molecular weight excluding hydrogens is 212 g/mol. The SMILES string of the molecule is Cn1ncnc1CN1CCCCC1CCl. The number of nitrogens with zero attached hydrogens (tertiary/aromatic N) is 4. The van der Waals surface area contributed by atoms with E-state index in [1.54, 1.807) is 6.33 Å². The van der Waals surface area contributed by atoms with Gasteiger partial charge in [-0.05, 0) is 19.4 Å².